The lowest BCUT2D eigenvalue weighted by Crippen LogP contribution is -2.54. The second-order valence-corrected chi connectivity index (χ2v) is 9.43. The quantitative estimate of drug-likeness (QED) is 0.120. The van der Waals surface area contributed by atoms with Crippen LogP contribution in [0.3, 0.4) is 0 Å². The minimum Gasteiger partial charge on any atom is -0.490 e. The summed E-state index contributed by atoms with van der Waals surface area (Å²) in [6.07, 6.45) is 1.34. The zero-order valence-corrected chi connectivity index (χ0v) is 22.6. The van der Waals surface area contributed by atoms with Crippen molar-refractivity contribution in [3.05, 3.63) is 96.6 Å². The van der Waals surface area contributed by atoms with Gasteiger partial charge in [0.25, 0.3) is 17.5 Å². The molecule has 0 unspecified atom stereocenters. The Morgan fingerprint density at radius 2 is 1.79 bits per heavy atom. The van der Waals surface area contributed by atoms with E-state index in [1.165, 1.54) is 24.3 Å². The smallest absolute Gasteiger partial charge is 0.335 e. The Morgan fingerprint density at radius 3 is 2.47 bits per heavy atom. The van der Waals surface area contributed by atoms with Crippen LogP contribution >= 0.6 is 22.6 Å². The molecule has 38 heavy (non-hydrogen) atoms. The monoisotopic (exact) mass is 627 g/mol. The number of urea groups is 1. The van der Waals surface area contributed by atoms with Crippen LogP contribution in [-0.4, -0.2) is 29.4 Å². The van der Waals surface area contributed by atoms with E-state index >= 15 is 0 Å². The number of nitro benzene ring substituents is 1. The summed E-state index contributed by atoms with van der Waals surface area (Å²) in [5.74, 6) is -0.849. The fourth-order valence-electron chi connectivity index (χ4n) is 3.72. The summed E-state index contributed by atoms with van der Waals surface area (Å²) in [5.41, 5.74) is 1.93. The van der Waals surface area contributed by atoms with E-state index in [1.54, 1.807) is 12.1 Å². The van der Waals surface area contributed by atoms with Crippen LogP contribution in [0.2, 0.25) is 0 Å². The van der Waals surface area contributed by atoms with Gasteiger partial charge in [0, 0.05) is 12.1 Å². The molecule has 1 aliphatic rings. The number of amides is 4. The Hall–Kier alpha value is -4.26. The van der Waals surface area contributed by atoms with Gasteiger partial charge in [-0.05, 0) is 71.8 Å². The van der Waals surface area contributed by atoms with Gasteiger partial charge in [-0.15, -0.1) is 0 Å². The second-order valence-electron chi connectivity index (χ2n) is 8.27. The number of carbonyl (C=O) groups is 3. The van der Waals surface area contributed by atoms with Crippen molar-refractivity contribution in [2.45, 2.75) is 20.5 Å². The van der Waals surface area contributed by atoms with Crippen LogP contribution in [0.15, 0.2) is 66.2 Å². The number of nitrogens with one attached hydrogen (secondary N) is 1. The van der Waals surface area contributed by atoms with Gasteiger partial charge in [-0.25, -0.2) is 9.69 Å². The third-order valence-electron chi connectivity index (χ3n) is 5.55. The lowest BCUT2D eigenvalue weighted by molar-refractivity contribution is -0.384. The van der Waals surface area contributed by atoms with E-state index in [9.17, 15) is 24.5 Å². The maximum absolute atomic E-state index is 13.2. The predicted octanol–water partition coefficient (Wildman–Crippen LogP) is 5.15. The van der Waals surface area contributed by atoms with E-state index in [0.29, 0.717) is 38.7 Å². The number of barbiturate groups is 1. The number of rotatable bonds is 8. The summed E-state index contributed by atoms with van der Waals surface area (Å²) in [7, 11) is 0. The van der Waals surface area contributed by atoms with Gasteiger partial charge < -0.3 is 9.47 Å². The highest BCUT2D eigenvalue weighted by atomic mass is 127. The predicted molar refractivity (Wildman–Crippen MR) is 148 cm³/mol. The molecule has 3 aromatic carbocycles. The molecule has 0 atom stereocenters. The van der Waals surface area contributed by atoms with Crippen molar-refractivity contribution in [3.8, 4) is 11.5 Å². The number of hydrogen-bond donors (Lipinski definition) is 1. The van der Waals surface area contributed by atoms with Gasteiger partial charge in [-0.3, -0.25) is 25.0 Å². The third-order valence-corrected chi connectivity index (χ3v) is 6.35. The minimum atomic E-state index is -0.998. The van der Waals surface area contributed by atoms with Crippen molar-refractivity contribution in [1.82, 2.24) is 5.32 Å². The molecule has 1 aliphatic heterocycles. The molecule has 0 saturated carbocycles. The van der Waals surface area contributed by atoms with E-state index in [1.807, 2.05) is 38.1 Å². The van der Waals surface area contributed by atoms with Crippen molar-refractivity contribution in [3.63, 3.8) is 0 Å². The average molecular weight is 627 g/mol. The number of benzene rings is 3. The van der Waals surface area contributed by atoms with E-state index in [2.05, 4.69) is 27.9 Å². The number of aryl methyl sites for hydroxylation is 1. The summed E-state index contributed by atoms with van der Waals surface area (Å²) in [5, 5.41) is 13.3. The van der Waals surface area contributed by atoms with E-state index in [-0.39, 0.29) is 16.9 Å². The maximum atomic E-state index is 13.2. The number of carbonyl (C=O) groups excluding carboxylic acids is 3. The molecule has 4 amide bonds. The van der Waals surface area contributed by atoms with Crippen LogP contribution in [0.1, 0.15) is 23.6 Å². The average Bonchev–Trinajstić information content (AvgIpc) is 2.87. The van der Waals surface area contributed by atoms with E-state index in [0.717, 1.165) is 17.2 Å². The van der Waals surface area contributed by atoms with Crippen LogP contribution in [0.4, 0.5) is 16.2 Å². The molecule has 0 bridgehead atoms. The Bertz CT molecular complexity index is 1470. The van der Waals surface area contributed by atoms with Crippen LogP contribution in [-0.2, 0) is 16.2 Å². The summed E-state index contributed by atoms with van der Waals surface area (Å²) < 4.78 is 12.5. The van der Waals surface area contributed by atoms with E-state index in [4.69, 9.17) is 9.47 Å². The number of hydrogen-bond acceptors (Lipinski definition) is 7. The first-order valence-electron chi connectivity index (χ1n) is 11.5. The highest BCUT2D eigenvalue weighted by molar-refractivity contribution is 14.1. The number of halogens is 1. The van der Waals surface area contributed by atoms with Gasteiger partial charge in [0.15, 0.2) is 11.5 Å². The zero-order valence-electron chi connectivity index (χ0n) is 20.4. The normalized spacial score (nSPS) is 14.4. The van der Waals surface area contributed by atoms with Gasteiger partial charge in [-0.2, -0.15) is 0 Å². The number of ether oxygens (including phenoxy) is 2. The molecule has 11 heteroatoms. The molecule has 4 rings (SSSR count). The fraction of sp³-hybridized carbons (Fsp3) is 0.148. The van der Waals surface area contributed by atoms with Crippen molar-refractivity contribution >= 4 is 57.9 Å². The van der Waals surface area contributed by atoms with Crippen molar-refractivity contribution < 1.29 is 28.8 Å². The molecule has 0 spiro atoms. The zero-order chi connectivity index (χ0) is 27.4. The molecule has 3 aromatic rings. The molecule has 10 nitrogen and oxygen atoms in total. The molecular weight excluding hydrogens is 605 g/mol. The van der Waals surface area contributed by atoms with Crippen molar-refractivity contribution in [1.29, 1.82) is 0 Å². The Labute approximate surface area is 231 Å². The minimum absolute atomic E-state index is 0.0375. The Morgan fingerprint density at radius 1 is 1.05 bits per heavy atom. The molecule has 1 fully saturated rings. The van der Waals surface area contributed by atoms with Gasteiger partial charge in [0.05, 0.1) is 20.8 Å². The third kappa shape index (κ3) is 5.83. The van der Waals surface area contributed by atoms with Crippen LogP contribution in [0.25, 0.3) is 6.08 Å². The molecule has 0 aliphatic carbocycles. The van der Waals surface area contributed by atoms with Gasteiger partial charge >= 0.3 is 6.03 Å². The van der Waals surface area contributed by atoms with Gasteiger partial charge in [-0.1, -0.05) is 35.9 Å². The summed E-state index contributed by atoms with van der Waals surface area (Å²) in [6.45, 7) is 4.50. The number of nitro groups is 1. The number of nitrogens with zero attached hydrogens (tertiary/aromatic N) is 2. The first-order chi connectivity index (χ1) is 18.2. The maximum Gasteiger partial charge on any atom is 0.335 e. The molecule has 0 radical (unpaired) electrons. The summed E-state index contributed by atoms with van der Waals surface area (Å²) in [6, 6.07) is 15.3. The molecule has 1 saturated heterocycles. The van der Waals surface area contributed by atoms with Crippen LogP contribution < -0.4 is 19.7 Å². The summed E-state index contributed by atoms with van der Waals surface area (Å²) >= 11 is 2.08. The standard InChI is InChI=1S/C27H22IN3O7/c1-3-37-23-13-18(12-22(28)24(23)38-15-17-9-7-16(2)8-10-17)11-21-25(32)29-27(34)30(26(21)33)19-5-4-6-20(14-19)31(35)36/h4-14H,3,15H2,1-2H3,(H,29,32,34)/b21-11+. The molecule has 194 valence electrons. The first-order valence-corrected chi connectivity index (χ1v) is 12.6. The first kappa shape index (κ1) is 26.8. The SMILES string of the molecule is CCOc1cc(/C=C2\C(=O)NC(=O)N(c3cccc([N+](=O)[O-])c3)C2=O)cc(I)c1OCc1ccc(C)cc1. The topological polar surface area (TPSA) is 128 Å². The van der Waals surface area contributed by atoms with Gasteiger partial charge in [0.1, 0.15) is 12.2 Å². The van der Waals surface area contributed by atoms with Crippen molar-refractivity contribution in [2.24, 2.45) is 0 Å². The molecule has 1 N–H and O–H groups in total. The lowest BCUT2D eigenvalue weighted by atomic mass is 10.1. The number of anilines is 1. The number of imide groups is 2. The number of non-ortho nitro benzene ring substituents is 1. The fourth-order valence-corrected chi connectivity index (χ4v) is 4.50. The van der Waals surface area contributed by atoms with Crippen molar-refractivity contribution in [2.75, 3.05) is 11.5 Å². The Balaban J connectivity index is 1.66. The van der Waals surface area contributed by atoms with Crippen LogP contribution in [0.5, 0.6) is 11.5 Å². The highest BCUT2D eigenvalue weighted by Crippen LogP contribution is 2.36. The molecule has 1 heterocycles. The van der Waals surface area contributed by atoms with E-state index < -0.39 is 22.8 Å². The molecular formula is C27H22IN3O7. The summed E-state index contributed by atoms with van der Waals surface area (Å²) in [4.78, 5) is 49.5. The largest absolute Gasteiger partial charge is 0.490 e. The van der Waals surface area contributed by atoms with Crippen LogP contribution in [0, 0.1) is 20.6 Å². The Kier molecular flexibility index (Phi) is 8.05. The van der Waals surface area contributed by atoms with Gasteiger partial charge in [0.2, 0.25) is 0 Å². The second kappa shape index (κ2) is 11.4. The molecule has 0 aromatic heterocycles. The lowest BCUT2D eigenvalue weighted by Gasteiger charge is -2.26. The highest BCUT2D eigenvalue weighted by Gasteiger charge is 2.37.